The van der Waals surface area contributed by atoms with Crippen LogP contribution in [0.1, 0.15) is 50.0 Å². The minimum absolute atomic E-state index is 0.0325. The highest BCUT2D eigenvalue weighted by Crippen LogP contribution is 2.36. The Kier molecular flexibility index (Phi) is 4.49. The van der Waals surface area contributed by atoms with Gasteiger partial charge in [-0.25, -0.2) is 0 Å². The van der Waals surface area contributed by atoms with E-state index in [9.17, 15) is 8.42 Å². The van der Waals surface area contributed by atoms with Crippen molar-refractivity contribution in [2.24, 2.45) is 0 Å². The third-order valence-corrected chi connectivity index (χ3v) is 4.76. The highest BCUT2D eigenvalue weighted by atomic mass is 32.2. The zero-order chi connectivity index (χ0) is 16.5. The Labute approximate surface area is 131 Å². The van der Waals surface area contributed by atoms with Crippen molar-refractivity contribution in [1.29, 1.82) is 0 Å². The topological polar surface area (TPSA) is 67.5 Å². The molecule has 1 unspecified atom stereocenters. The Morgan fingerprint density at radius 1 is 1.18 bits per heavy atom. The van der Waals surface area contributed by atoms with E-state index in [0.29, 0.717) is 5.76 Å². The molecule has 22 heavy (non-hydrogen) atoms. The molecule has 0 aliphatic carbocycles. The Bertz CT molecular complexity index is 756. The van der Waals surface area contributed by atoms with Crippen LogP contribution >= 0.6 is 0 Å². The van der Waals surface area contributed by atoms with Gasteiger partial charge in [-0.05, 0) is 42.0 Å². The van der Waals surface area contributed by atoms with E-state index in [4.69, 9.17) is 8.97 Å². The minimum Gasteiger partial charge on any atom is -0.447 e. The lowest BCUT2D eigenvalue weighted by Crippen LogP contribution is -2.21. The lowest BCUT2D eigenvalue weighted by molar-refractivity contribution is 0.342. The maximum atomic E-state index is 11.1. The van der Waals surface area contributed by atoms with E-state index in [1.165, 1.54) is 17.2 Å². The third kappa shape index (κ3) is 3.59. The van der Waals surface area contributed by atoms with E-state index in [0.717, 1.165) is 6.42 Å². The first-order chi connectivity index (χ1) is 10.1. The van der Waals surface area contributed by atoms with Crippen LogP contribution in [0.5, 0.6) is 0 Å². The summed E-state index contributed by atoms with van der Waals surface area (Å²) < 4.78 is 36.5. The van der Waals surface area contributed by atoms with Gasteiger partial charge in [0.15, 0.2) is 0 Å². The van der Waals surface area contributed by atoms with Crippen LogP contribution in [0, 0.1) is 6.92 Å². The van der Waals surface area contributed by atoms with Gasteiger partial charge in [-0.15, -0.1) is 0 Å². The largest absolute Gasteiger partial charge is 0.447 e. The average Bonchev–Trinajstić information content (AvgIpc) is 2.88. The molecule has 1 aromatic heterocycles. The molecule has 1 N–H and O–H groups in total. The van der Waals surface area contributed by atoms with E-state index in [-0.39, 0.29) is 11.3 Å². The fraction of sp³-hybridized carbons (Fsp3) is 0.412. The third-order valence-electron chi connectivity index (χ3n) is 4.03. The quantitative estimate of drug-likeness (QED) is 0.833. The van der Waals surface area contributed by atoms with Crippen molar-refractivity contribution in [3.05, 3.63) is 53.3 Å². The molecular formula is C17H22O4S. The van der Waals surface area contributed by atoms with Crippen molar-refractivity contribution in [1.82, 2.24) is 0 Å². The first-order valence-electron chi connectivity index (χ1n) is 7.24. The second kappa shape index (κ2) is 5.89. The van der Waals surface area contributed by atoms with Gasteiger partial charge in [0.25, 0.3) is 0 Å². The first-order valence-corrected chi connectivity index (χ1v) is 8.68. The van der Waals surface area contributed by atoms with E-state index in [2.05, 4.69) is 32.9 Å². The molecule has 0 amide bonds. The van der Waals surface area contributed by atoms with Gasteiger partial charge < -0.3 is 4.42 Å². The van der Waals surface area contributed by atoms with Gasteiger partial charge in [0.05, 0.1) is 0 Å². The summed E-state index contributed by atoms with van der Waals surface area (Å²) in [4.78, 5) is 0. The molecule has 0 saturated carbocycles. The number of furan rings is 1. The van der Waals surface area contributed by atoms with Crippen LogP contribution in [0.2, 0.25) is 0 Å². The van der Waals surface area contributed by atoms with Crippen LogP contribution in [-0.2, 0) is 15.5 Å². The van der Waals surface area contributed by atoms with Crippen LogP contribution in [0.3, 0.4) is 0 Å². The van der Waals surface area contributed by atoms with E-state index in [1.807, 2.05) is 19.1 Å². The maximum Gasteiger partial charge on any atom is 0.328 e. The summed E-state index contributed by atoms with van der Waals surface area (Å²) >= 11 is 0. The van der Waals surface area contributed by atoms with E-state index < -0.39 is 15.2 Å². The van der Waals surface area contributed by atoms with Crippen LogP contribution in [0.25, 0.3) is 0 Å². The molecule has 0 spiro atoms. The molecule has 1 heterocycles. The van der Waals surface area contributed by atoms with E-state index in [1.54, 1.807) is 6.07 Å². The molecule has 5 heteroatoms. The summed E-state index contributed by atoms with van der Waals surface area (Å²) in [5.74, 6) is 0.597. The number of hydrogen-bond donors (Lipinski definition) is 1. The highest BCUT2D eigenvalue weighted by Gasteiger charge is 2.27. The molecule has 120 valence electrons. The molecule has 4 nitrogen and oxygen atoms in total. The van der Waals surface area contributed by atoms with Crippen molar-refractivity contribution in [2.45, 2.75) is 50.5 Å². The van der Waals surface area contributed by atoms with Gasteiger partial charge in [-0.1, -0.05) is 45.0 Å². The second-order valence-corrected chi connectivity index (χ2v) is 7.79. The Balaban J connectivity index is 2.23. The molecular weight excluding hydrogens is 300 g/mol. The molecule has 0 saturated heterocycles. The fourth-order valence-electron chi connectivity index (χ4n) is 3.05. The lowest BCUT2D eigenvalue weighted by Gasteiger charge is -2.29. The predicted molar refractivity (Wildman–Crippen MR) is 85.8 cm³/mol. The number of benzene rings is 1. The standard InChI is InChI=1S/C17H22O4S/c1-12-7-5-6-8-14(12)17(3,4)11-13(2)15-9-10-16(21-15)22(18,19)20/h5-10,13H,11H2,1-4H3,(H,18,19,20). The molecule has 1 atom stereocenters. The summed E-state index contributed by atoms with van der Waals surface area (Å²) in [6, 6.07) is 11.2. The Hall–Kier alpha value is -1.59. The van der Waals surface area contributed by atoms with Crippen molar-refractivity contribution in [3.63, 3.8) is 0 Å². The van der Waals surface area contributed by atoms with Gasteiger partial charge in [0, 0.05) is 5.92 Å². The summed E-state index contributed by atoms with van der Waals surface area (Å²) in [6.07, 6.45) is 0.802. The van der Waals surface area contributed by atoms with Gasteiger partial charge in [0.1, 0.15) is 5.76 Å². The van der Waals surface area contributed by atoms with Crippen molar-refractivity contribution < 1.29 is 17.4 Å². The van der Waals surface area contributed by atoms with E-state index >= 15 is 0 Å². The van der Waals surface area contributed by atoms with Gasteiger partial charge in [-0.3, -0.25) is 4.55 Å². The summed E-state index contributed by atoms with van der Waals surface area (Å²) in [6.45, 7) is 8.41. The molecule has 2 rings (SSSR count). The van der Waals surface area contributed by atoms with Crippen LogP contribution in [0.15, 0.2) is 45.9 Å². The van der Waals surface area contributed by atoms with Gasteiger partial charge >= 0.3 is 10.1 Å². The van der Waals surface area contributed by atoms with Gasteiger partial charge in [-0.2, -0.15) is 8.42 Å². The van der Waals surface area contributed by atoms with Crippen molar-refractivity contribution in [3.8, 4) is 0 Å². The molecule has 1 aromatic carbocycles. The monoisotopic (exact) mass is 322 g/mol. The lowest BCUT2D eigenvalue weighted by atomic mass is 9.75. The number of hydrogen-bond acceptors (Lipinski definition) is 3. The molecule has 0 fully saturated rings. The molecule has 0 aliphatic rings. The highest BCUT2D eigenvalue weighted by molar-refractivity contribution is 7.85. The maximum absolute atomic E-state index is 11.1. The van der Waals surface area contributed by atoms with Crippen molar-refractivity contribution in [2.75, 3.05) is 0 Å². The van der Waals surface area contributed by atoms with Crippen LogP contribution < -0.4 is 0 Å². The normalized spacial score (nSPS) is 14.0. The molecule has 2 aromatic rings. The number of rotatable bonds is 5. The zero-order valence-electron chi connectivity index (χ0n) is 13.3. The Morgan fingerprint density at radius 3 is 2.36 bits per heavy atom. The minimum atomic E-state index is -4.28. The zero-order valence-corrected chi connectivity index (χ0v) is 14.1. The molecule has 0 radical (unpaired) electrons. The predicted octanol–water partition coefficient (Wildman–Crippen LogP) is 4.31. The average molecular weight is 322 g/mol. The summed E-state index contributed by atoms with van der Waals surface area (Å²) in [5, 5.41) is -0.400. The molecule has 0 aliphatic heterocycles. The second-order valence-electron chi connectivity index (χ2n) is 6.44. The summed E-state index contributed by atoms with van der Waals surface area (Å²) in [5.41, 5.74) is 2.43. The first kappa shape index (κ1) is 16.8. The SMILES string of the molecule is Cc1ccccc1C(C)(C)CC(C)c1ccc(S(=O)(=O)O)o1. The van der Waals surface area contributed by atoms with Crippen LogP contribution in [0.4, 0.5) is 0 Å². The smallest absolute Gasteiger partial charge is 0.328 e. The number of aryl methyl sites for hydroxylation is 1. The van der Waals surface area contributed by atoms with Crippen molar-refractivity contribution >= 4 is 10.1 Å². The molecule has 0 bridgehead atoms. The Morgan fingerprint density at radius 2 is 1.82 bits per heavy atom. The van der Waals surface area contributed by atoms with Gasteiger partial charge in [0.2, 0.25) is 5.09 Å². The fourth-order valence-corrected chi connectivity index (χ4v) is 3.49. The van der Waals surface area contributed by atoms with Crippen LogP contribution in [-0.4, -0.2) is 13.0 Å². The summed E-state index contributed by atoms with van der Waals surface area (Å²) in [7, 11) is -4.28.